The van der Waals surface area contributed by atoms with Crippen molar-refractivity contribution < 1.29 is 8.83 Å². The zero-order valence-electron chi connectivity index (χ0n) is 30.8. The number of rotatable bonds is 5. The SMILES string of the molecule is c1ccc(N(c2ccc(-c3ccc4c(ccc5ccccc54)c3)cc2)c2cccc3oc4ccccc4c23)c(-c2ccc3oc4cc5ccccc5cc4c3c2)c1. The monoisotopic (exact) mass is 727 g/mol. The number of hydrogen-bond acceptors (Lipinski definition) is 3. The number of hydrogen-bond donors (Lipinski definition) is 0. The molecule has 0 N–H and O–H groups in total. The van der Waals surface area contributed by atoms with E-state index >= 15 is 0 Å². The Labute approximate surface area is 328 Å². The third-order valence-corrected chi connectivity index (χ3v) is 11.6. The highest BCUT2D eigenvalue weighted by molar-refractivity contribution is 6.15. The van der Waals surface area contributed by atoms with E-state index in [-0.39, 0.29) is 0 Å². The van der Waals surface area contributed by atoms with Crippen molar-refractivity contribution in [1.82, 2.24) is 0 Å². The number of benzene rings is 10. The summed E-state index contributed by atoms with van der Waals surface area (Å²) in [7, 11) is 0. The van der Waals surface area contributed by atoms with Gasteiger partial charge in [-0.25, -0.2) is 0 Å². The molecule has 0 aliphatic rings. The van der Waals surface area contributed by atoms with Gasteiger partial charge in [0.15, 0.2) is 0 Å². The fourth-order valence-corrected chi connectivity index (χ4v) is 8.89. The van der Waals surface area contributed by atoms with Crippen LogP contribution in [0.3, 0.4) is 0 Å². The summed E-state index contributed by atoms with van der Waals surface area (Å²) in [5, 5.41) is 11.8. The molecule has 0 bridgehead atoms. The quantitative estimate of drug-likeness (QED) is 0.165. The molecule has 0 amide bonds. The van der Waals surface area contributed by atoms with Crippen LogP contribution in [0.5, 0.6) is 0 Å². The molecular formula is C54H33NO2. The average Bonchev–Trinajstić information content (AvgIpc) is 3.84. The number of fused-ring (bicyclic) bond motifs is 10. The van der Waals surface area contributed by atoms with Crippen molar-refractivity contribution >= 4 is 93.3 Å². The predicted molar refractivity (Wildman–Crippen MR) is 239 cm³/mol. The molecule has 0 aliphatic carbocycles. The van der Waals surface area contributed by atoms with Crippen LogP contribution in [-0.2, 0) is 0 Å². The maximum atomic E-state index is 6.44. The number of para-hydroxylation sites is 2. The van der Waals surface area contributed by atoms with E-state index in [1.807, 2.05) is 12.1 Å². The van der Waals surface area contributed by atoms with Crippen LogP contribution in [0.15, 0.2) is 209 Å². The first-order valence-corrected chi connectivity index (χ1v) is 19.4. The molecule has 0 aliphatic heterocycles. The molecule has 0 fully saturated rings. The fourth-order valence-electron chi connectivity index (χ4n) is 8.89. The Morgan fingerprint density at radius 2 is 0.912 bits per heavy atom. The van der Waals surface area contributed by atoms with Crippen molar-refractivity contribution in [3.63, 3.8) is 0 Å². The molecular weight excluding hydrogens is 695 g/mol. The average molecular weight is 728 g/mol. The van der Waals surface area contributed by atoms with E-state index in [2.05, 4.69) is 193 Å². The molecule has 0 saturated heterocycles. The second-order valence-corrected chi connectivity index (χ2v) is 14.9. The molecule has 0 radical (unpaired) electrons. The van der Waals surface area contributed by atoms with Gasteiger partial charge >= 0.3 is 0 Å². The highest BCUT2D eigenvalue weighted by Crippen LogP contribution is 2.47. The van der Waals surface area contributed by atoms with Crippen LogP contribution in [0, 0.1) is 0 Å². The van der Waals surface area contributed by atoms with Crippen LogP contribution in [0.25, 0.3) is 98.4 Å². The van der Waals surface area contributed by atoms with Crippen molar-refractivity contribution in [2.45, 2.75) is 0 Å². The largest absolute Gasteiger partial charge is 0.456 e. The molecule has 10 aromatic carbocycles. The second kappa shape index (κ2) is 12.5. The maximum absolute atomic E-state index is 6.44. The van der Waals surface area contributed by atoms with Crippen molar-refractivity contribution in [1.29, 1.82) is 0 Å². The lowest BCUT2D eigenvalue weighted by Gasteiger charge is -2.28. The summed E-state index contributed by atoms with van der Waals surface area (Å²) in [6.45, 7) is 0. The smallest absolute Gasteiger partial charge is 0.137 e. The Balaban J connectivity index is 1.04. The number of nitrogens with zero attached hydrogens (tertiary/aromatic N) is 1. The first-order valence-electron chi connectivity index (χ1n) is 19.4. The molecule has 12 rings (SSSR count). The topological polar surface area (TPSA) is 29.5 Å². The van der Waals surface area contributed by atoms with E-state index in [9.17, 15) is 0 Å². The molecule has 266 valence electrons. The Morgan fingerprint density at radius 1 is 0.298 bits per heavy atom. The van der Waals surface area contributed by atoms with Gasteiger partial charge in [0.2, 0.25) is 0 Å². The minimum Gasteiger partial charge on any atom is -0.456 e. The highest BCUT2D eigenvalue weighted by Gasteiger charge is 2.22. The zero-order valence-corrected chi connectivity index (χ0v) is 30.8. The van der Waals surface area contributed by atoms with Crippen LogP contribution in [0.4, 0.5) is 17.1 Å². The molecule has 2 aromatic heterocycles. The van der Waals surface area contributed by atoms with Gasteiger partial charge in [-0.3, -0.25) is 0 Å². The second-order valence-electron chi connectivity index (χ2n) is 14.9. The molecule has 0 saturated carbocycles. The van der Waals surface area contributed by atoms with Gasteiger partial charge in [0.05, 0.1) is 16.8 Å². The van der Waals surface area contributed by atoms with Gasteiger partial charge in [-0.15, -0.1) is 0 Å². The molecule has 3 heteroatoms. The minimum absolute atomic E-state index is 0.856. The fraction of sp³-hybridized carbons (Fsp3) is 0. The molecule has 0 atom stereocenters. The molecule has 3 nitrogen and oxygen atoms in total. The molecule has 12 aromatic rings. The van der Waals surface area contributed by atoms with Gasteiger partial charge in [0, 0.05) is 27.4 Å². The minimum atomic E-state index is 0.856. The summed E-state index contributed by atoms with van der Waals surface area (Å²) < 4.78 is 12.9. The van der Waals surface area contributed by atoms with Gasteiger partial charge in [0.1, 0.15) is 22.3 Å². The molecule has 0 spiro atoms. The van der Waals surface area contributed by atoms with Crippen LogP contribution in [0.1, 0.15) is 0 Å². The molecule has 2 heterocycles. The normalized spacial score (nSPS) is 11.9. The predicted octanol–water partition coefficient (Wildman–Crippen LogP) is 15.7. The lowest BCUT2D eigenvalue weighted by molar-refractivity contribution is 0.669. The summed E-state index contributed by atoms with van der Waals surface area (Å²) in [6, 6.07) is 71.7. The lowest BCUT2D eigenvalue weighted by atomic mass is 9.97. The van der Waals surface area contributed by atoms with Crippen molar-refractivity contribution in [3.8, 4) is 22.3 Å². The standard InChI is InChI=1S/C54H33NO2/c1-2-12-37-33-53-47(31-36(37)11-1)46-32-40(25-29-51(46)57-53)44-14-5-7-16-48(44)55(49-17-9-19-52-54(49)45-15-6-8-18-50(45)56-52)41-26-22-34(23-27-41)38-24-28-43-39(30-38)21-20-35-10-3-4-13-42(35)43/h1-33H. The van der Waals surface area contributed by atoms with Crippen LogP contribution in [-0.4, -0.2) is 0 Å². The molecule has 0 unspecified atom stereocenters. The van der Waals surface area contributed by atoms with Gasteiger partial charge in [-0.1, -0.05) is 133 Å². The van der Waals surface area contributed by atoms with Crippen LogP contribution >= 0.6 is 0 Å². The highest BCUT2D eigenvalue weighted by atomic mass is 16.3. The van der Waals surface area contributed by atoms with Crippen LogP contribution in [0.2, 0.25) is 0 Å². The van der Waals surface area contributed by atoms with E-state index < -0.39 is 0 Å². The lowest BCUT2D eigenvalue weighted by Crippen LogP contribution is -2.11. The Hall–Kier alpha value is -7.62. The van der Waals surface area contributed by atoms with Gasteiger partial charge in [-0.2, -0.15) is 0 Å². The van der Waals surface area contributed by atoms with Gasteiger partial charge in [0.25, 0.3) is 0 Å². The van der Waals surface area contributed by atoms with Gasteiger partial charge in [-0.05, 0) is 116 Å². The van der Waals surface area contributed by atoms with E-state index in [0.29, 0.717) is 0 Å². The summed E-state index contributed by atoms with van der Waals surface area (Å²) in [6.07, 6.45) is 0. The summed E-state index contributed by atoms with van der Waals surface area (Å²) in [4.78, 5) is 2.39. The third kappa shape index (κ3) is 5.06. The summed E-state index contributed by atoms with van der Waals surface area (Å²) >= 11 is 0. The van der Waals surface area contributed by atoms with Crippen molar-refractivity contribution in [3.05, 3.63) is 200 Å². The van der Waals surface area contributed by atoms with Crippen molar-refractivity contribution in [2.75, 3.05) is 4.90 Å². The van der Waals surface area contributed by atoms with Crippen LogP contribution < -0.4 is 4.90 Å². The summed E-state index contributed by atoms with van der Waals surface area (Å²) in [5.74, 6) is 0. The van der Waals surface area contributed by atoms with E-state index in [1.54, 1.807) is 0 Å². The Morgan fingerprint density at radius 3 is 1.81 bits per heavy atom. The van der Waals surface area contributed by atoms with E-state index in [0.717, 1.165) is 72.1 Å². The first-order chi connectivity index (χ1) is 28.2. The Bertz CT molecular complexity index is 3530. The number of anilines is 3. The van der Waals surface area contributed by atoms with Crippen molar-refractivity contribution in [2.24, 2.45) is 0 Å². The van der Waals surface area contributed by atoms with Gasteiger partial charge < -0.3 is 13.7 Å². The first kappa shape index (κ1) is 31.7. The Kier molecular flexibility index (Phi) is 6.93. The third-order valence-electron chi connectivity index (χ3n) is 11.6. The van der Waals surface area contributed by atoms with E-state index in [4.69, 9.17) is 8.83 Å². The summed E-state index contributed by atoms with van der Waals surface area (Å²) in [5.41, 5.74) is 11.3. The number of furan rings is 2. The van der Waals surface area contributed by atoms with E-state index in [1.165, 1.54) is 43.4 Å². The maximum Gasteiger partial charge on any atom is 0.137 e. The zero-order chi connectivity index (χ0) is 37.5. The molecule has 57 heavy (non-hydrogen) atoms.